The van der Waals surface area contributed by atoms with E-state index in [1.807, 2.05) is 17.8 Å². The predicted molar refractivity (Wildman–Crippen MR) is 103 cm³/mol. The molecule has 0 saturated heterocycles. The van der Waals surface area contributed by atoms with Crippen molar-refractivity contribution < 1.29 is 5.11 Å². The normalized spacial score (nSPS) is 16.8. The van der Waals surface area contributed by atoms with Gasteiger partial charge in [-0.3, -0.25) is 0 Å². The molecule has 1 rings (SSSR count). The van der Waals surface area contributed by atoms with Gasteiger partial charge >= 0.3 is 0 Å². The van der Waals surface area contributed by atoms with E-state index >= 15 is 0 Å². The summed E-state index contributed by atoms with van der Waals surface area (Å²) in [5, 5.41) is 13.7. The van der Waals surface area contributed by atoms with Gasteiger partial charge in [0, 0.05) is 11.4 Å². The Morgan fingerprint density at radius 2 is 1.95 bits per heavy atom. The lowest BCUT2D eigenvalue weighted by Gasteiger charge is -2.37. The summed E-state index contributed by atoms with van der Waals surface area (Å²) < 4.78 is 0. The van der Waals surface area contributed by atoms with Crippen LogP contribution in [0.4, 0.5) is 0 Å². The van der Waals surface area contributed by atoms with Crippen LogP contribution in [-0.4, -0.2) is 40.2 Å². The molecule has 1 aromatic carbocycles. The van der Waals surface area contributed by atoms with Crippen LogP contribution in [0.5, 0.6) is 0 Å². The van der Waals surface area contributed by atoms with E-state index in [1.165, 1.54) is 5.56 Å². The molecule has 4 heteroatoms. The van der Waals surface area contributed by atoms with Crippen LogP contribution < -0.4 is 5.32 Å². The molecule has 0 radical (unpaired) electrons. The maximum Gasteiger partial charge on any atom is 0.0842 e. The summed E-state index contributed by atoms with van der Waals surface area (Å²) >= 11 is 7.39. The largest absolute Gasteiger partial charge is 0.388 e. The number of aliphatic hydroxyl groups is 1. The fourth-order valence-corrected chi connectivity index (χ4v) is 3.57. The van der Waals surface area contributed by atoms with Crippen LogP contribution >= 0.6 is 24.0 Å². The molecule has 124 valence electrons. The van der Waals surface area contributed by atoms with Gasteiger partial charge in [0.15, 0.2) is 0 Å². The van der Waals surface area contributed by atoms with Crippen LogP contribution in [-0.2, 0) is 0 Å². The molecule has 0 aliphatic heterocycles. The zero-order valence-electron chi connectivity index (χ0n) is 14.1. The van der Waals surface area contributed by atoms with Gasteiger partial charge in [-0.15, -0.1) is 0 Å². The molecule has 22 heavy (non-hydrogen) atoms. The summed E-state index contributed by atoms with van der Waals surface area (Å²) in [6, 6.07) is 10.5. The van der Waals surface area contributed by atoms with Gasteiger partial charge in [-0.2, -0.15) is 11.8 Å². The second-order valence-corrected chi connectivity index (χ2v) is 7.34. The summed E-state index contributed by atoms with van der Waals surface area (Å²) in [5.74, 6) is 1.45. The van der Waals surface area contributed by atoms with Gasteiger partial charge < -0.3 is 10.4 Å². The Labute approximate surface area is 145 Å². The minimum Gasteiger partial charge on any atom is -0.388 e. The molecule has 0 aromatic heterocycles. The average molecular weight is 340 g/mol. The van der Waals surface area contributed by atoms with Gasteiger partial charge in [0.25, 0.3) is 0 Å². The second-order valence-electron chi connectivity index (χ2n) is 5.91. The molecule has 2 nitrogen and oxygen atoms in total. The lowest BCUT2D eigenvalue weighted by molar-refractivity contribution is 0.246. The summed E-state index contributed by atoms with van der Waals surface area (Å²) in [5.41, 5.74) is 1.07. The zero-order valence-corrected chi connectivity index (χ0v) is 15.8. The van der Waals surface area contributed by atoms with E-state index in [2.05, 4.69) is 49.7 Å². The van der Waals surface area contributed by atoms with E-state index < -0.39 is 6.10 Å². The maximum absolute atomic E-state index is 9.98. The third-order valence-corrected chi connectivity index (χ3v) is 5.65. The Kier molecular flexibility index (Phi) is 8.62. The Bertz CT molecular complexity index is 450. The van der Waals surface area contributed by atoms with Crippen molar-refractivity contribution in [3.05, 3.63) is 35.9 Å². The van der Waals surface area contributed by atoms with E-state index in [9.17, 15) is 5.11 Å². The molecule has 0 heterocycles. The smallest absolute Gasteiger partial charge is 0.0842 e. The van der Waals surface area contributed by atoms with Crippen LogP contribution in [0.25, 0.3) is 0 Å². The quantitative estimate of drug-likeness (QED) is 0.630. The molecule has 0 aliphatic rings. The maximum atomic E-state index is 9.98. The van der Waals surface area contributed by atoms with Gasteiger partial charge in [-0.25, -0.2) is 0 Å². The lowest BCUT2D eigenvalue weighted by Crippen LogP contribution is -2.55. The van der Waals surface area contributed by atoms with Gasteiger partial charge in [0.1, 0.15) is 0 Å². The Balaban J connectivity index is 2.81. The molecule has 3 unspecified atom stereocenters. The third kappa shape index (κ3) is 5.34. The van der Waals surface area contributed by atoms with E-state index in [-0.39, 0.29) is 5.54 Å². The van der Waals surface area contributed by atoms with Crippen molar-refractivity contribution >= 4 is 28.8 Å². The molecule has 0 fully saturated rings. The Morgan fingerprint density at radius 3 is 2.45 bits per heavy atom. The highest BCUT2D eigenvalue weighted by Gasteiger charge is 2.34. The minimum absolute atomic E-state index is 0.254. The Hall–Kier alpha value is -0.420. The molecular weight excluding hydrogens is 310 g/mol. The zero-order chi connectivity index (χ0) is 16.6. The SMILES string of the molecule is CCC(CCSC)(NCC(C)c1ccccc1)C(=S)C(C)O. The molecule has 0 spiro atoms. The molecule has 0 bridgehead atoms. The van der Waals surface area contributed by atoms with Crippen molar-refractivity contribution in [1.82, 2.24) is 5.32 Å². The number of thiocarbonyl (C=S) groups is 1. The fourth-order valence-electron chi connectivity index (χ4n) is 2.70. The molecular formula is C18H29NOS2. The van der Waals surface area contributed by atoms with Crippen LogP contribution in [0.3, 0.4) is 0 Å². The first-order chi connectivity index (χ1) is 10.5. The number of nitrogens with one attached hydrogen (secondary N) is 1. The first kappa shape index (κ1) is 19.6. The van der Waals surface area contributed by atoms with Crippen LogP contribution in [0.15, 0.2) is 30.3 Å². The van der Waals surface area contributed by atoms with Crippen molar-refractivity contribution in [3.8, 4) is 0 Å². The Morgan fingerprint density at radius 1 is 1.32 bits per heavy atom. The summed E-state index contributed by atoms with van der Waals surface area (Å²) in [6.07, 6.45) is 3.41. The van der Waals surface area contributed by atoms with Crippen molar-refractivity contribution in [1.29, 1.82) is 0 Å². The van der Waals surface area contributed by atoms with Crippen molar-refractivity contribution in [3.63, 3.8) is 0 Å². The predicted octanol–water partition coefficient (Wildman–Crippen LogP) is 4.03. The van der Waals surface area contributed by atoms with Crippen molar-refractivity contribution in [2.45, 2.75) is 51.2 Å². The molecule has 2 N–H and O–H groups in total. The van der Waals surface area contributed by atoms with Crippen LogP contribution in [0, 0.1) is 0 Å². The summed E-state index contributed by atoms with van der Waals surface area (Å²) in [4.78, 5) is 0.740. The monoisotopic (exact) mass is 339 g/mol. The van der Waals surface area contributed by atoms with Gasteiger partial charge in [-0.1, -0.05) is 56.4 Å². The summed E-state index contributed by atoms with van der Waals surface area (Å²) in [6.45, 7) is 7.01. The van der Waals surface area contributed by atoms with E-state index in [0.29, 0.717) is 5.92 Å². The first-order valence-corrected chi connectivity index (χ1v) is 9.78. The molecule has 0 amide bonds. The van der Waals surface area contributed by atoms with Gasteiger partial charge in [-0.05, 0) is 43.3 Å². The number of hydrogen-bond acceptors (Lipinski definition) is 4. The van der Waals surface area contributed by atoms with Crippen molar-refractivity contribution in [2.75, 3.05) is 18.6 Å². The third-order valence-electron chi connectivity index (χ3n) is 4.30. The summed E-state index contributed by atoms with van der Waals surface area (Å²) in [7, 11) is 0. The van der Waals surface area contributed by atoms with Gasteiger partial charge in [0.2, 0.25) is 0 Å². The number of benzene rings is 1. The van der Waals surface area contributed by atoms with Crippen LogP contribution in [0.1, 0.15) is 45.1 Å². The topological polar surface area (TPSA) is 32.3 Å². The number of rotatable bonds is 10. The van der Waals surface area contributed by atoms with Gasteiger partial charge in [0.05, 0.1) is 11.6 Å². The minimum atomic E-state index is -0.559. The first-order valence-electron chi connectivity index (χ1n) is 7.98. The lowest BCUT2D eigenvalue weighted by atomic mass is 9.85. The van der Waals surface area contributed by atoms with E-state index in [0.717, 1.165) is 30.0 Å². The van der Waals surface area contributed by atoms with Crippen molar-refractivity contribution in [2.24, 2.45) is 0 Å². The highest BCUT2D eigenvalue weighted by atomic mass is 32.2. The molecule has 0 saturated carbocycles. The highest BCUT2D eigenvalue weighted by molar-refractivity contribution is 7.98. The molecule has 3 atom stereocenters. The molecule has 0 aliphatic carbocycles. The standard InChI is InChI=1S/C18H29NOS2/c1-5-18(11-12-22-4,17(21)15(3)20)19-13-14(2)16-9-7-6-8-10-16/h6-10,14-15,19-20H,5,11-13H2,1-4H3. The van der Waals surface area contributed by atoms with Crippen LogP contribution in [0.2, 0.25) is 0 Å². The molecule has 1 aromatic rings. The number of aliphatic hydroxyl groups excluding tert-OH is 1. The highest BCUT2D eigenvalue weighted by Crippen LogP contribution is 2.24. The number of thioether (sulfide) groups is 1. The average Bonchev–Trinajstić information content (AvgIpc) is 2.55. The van der Waals surface area contributed by atoms with E-state index in [1.54, 1.807) is 6.92 Å². The second kappa shape index (κ2) is 9.66. The fraction of sp³-hybridized carbons (Fsp3) is 0.611. The number of hydrogen-bond donors (Lipinski definition) is 2. The van der Waals surface area contributed by atoms with E-state index in [4.69, 9.17) is 12.2 Å².